The van der Waals surface area contributed by atoms with Crippen molar-refractivity contribution in [2.24, 2.45) is 0 Å². The van der Waals surface area contributed by atoms with Crippen LogP contribution in [0.1, 0.15) is 41.4 Å². The van der Waals surface area contributed by atoms with Crippen LogP contribution in [-0.4, -0.2) is 9.97 Å². The van der Waals surface area contributed by atoms with Gasteiger partial charge in [0.1, 0.15) is 11.6 Å². The molecule has 0 N–H and O–H groups in total. The zero-order valence-corrected chi connectivity index (χ0v) is 11.1. The van der Waals surface area contributed by atoms with Crippen molar-refractivity contribution in [3.63, 3.8) is 0 Å². The SMILES string of the molecule is Cc1cc(N2Cc3ccccc3C2)nc(C2CC2)n1. The lowest BCUT2D eigenvalue weighted by Gasteiger charge is -2.17. The van der Waals surface area contributed by atoms with Crippen molar-refractivity contribution in [1.29, 1.82) is 0 Å². The molecule has 2 heterocycles. The summed E-state index contributed by atoms with van der Waals surface area (Å²) in [5, 5.41) is 0. The Hall–Kier alpha value is -1.90. The van der Waals surface area contributed by atoms with Gasteiger partial charge in [-0.3, -0.25) is 0 Å². The zero-order chi connectivity index (χ0) is 12.8. The van der Waals surface area contributed by atoms with Crippen molar-refractivity contribution in [2.45, 2.75) is 38.8 Å². The lowest BCUT2D eigenvalue weighted by molar-refractivity contribution is 0.818. The molecule has 96 valence electrons. The predicted octanol–water partition coefficient (Wildman–Crippen LogP) is 3.18. The third-order valence-electron chi connectivity index (χ3n) is 3.97. The van der Waals surface area contributed by atoms with Crippen LogP contribution in [-0.2, 0) is 13.1 Å². The van der Waals surface area contributed by atoms with Gasteiger partial charge < -0.3 is 4.90 Å². The van der Waals surface area contributed by atoms with Gasteiger partial charge in [-0.15, -0.1) is 0 Å². The summed E-state index contributed by atoms with van der Waals surface area (Å²) in [6.07, 6.45) is 2.51. The number of benzene rings is 1. The molecule has 0 spiro atoms. The molecule has 1 aliphatic heterocycles. The molecule has 19 heavy (non-hydrogen) atoms. The molecular weight excluding hydrogens is 234 g/mol. The van der Waals surface area contributed by atoms with Gasteiger partial charge in [0.2, 0.25) is 0 Å². The first-order valence-electron chi connectivity index (χ1n) is 6.97. The average Bonchev–Trinajstić information content (AvgIpc) is 3.17. The maximum absolute atomic E-state index is 4.78. The van der Waals surface area contributed by atoms with Crippen molar-refractivity contribution < 1.29 is 0 Å². The normalized spacial score (nSPS) is 17.6. The van der Waals surface area contributed by atoms with Crippen LogP contribution < -0.4 is 4.90 Å². The van der Waals surface area contributed by atoms with Gasteiger partial charge in [0.15, 0.2) is 0 Å². The van der Waals surface area contributed by atoms with Crippen LogP contribution in [0.25, 0.3) is 0 Å². The lowest BCUT2D eigenvalue weighted by atomic mass is 10.1. The van der Waals surface area contributed by atoms with E-state index >= 15 is 0 Å². The summed E-state index contributed by atoms with van der Waals surface area (Å²) in [6.45, 7) is 4.01. The second kappa shape index (κ2) is 4.05. The van der Waals surface area contributed by atoms with E-state index in [2.05, 4.69) is 47.1 Å². The molecule has 2 aromatic rings. The first kappa shape index (κ1) is 11.0. The Bertz CT molecular complexity index is 607. The molecule has 0 saturated heterocycles. The van der Waals surface area contributed by atoms with Gasteiger partial charge in [-0.05, 0) is 30.9 Å². The van der Waals surface area contributed by atoms with Crippen LogP contribution in [0.15, 0.2) is 30.3 Å². The second-order valence-corrected chi connectivity index (χ2v) is 5.62. The zero-order valence-electron chi connectivity index (χ0n) is 11.1. The Balaban J connectivity index is 1.67. The number of hydrogen-bond donors (Lipinski definition) is 0. The average molecular weight is 251 g/mol. The van der Waals surface area contributed by atoms with Crippen LogP contribution >= 0.6 is 0 Å². The first-order valence-corrected chi connectivity index (χ1v) is 6.97. The topological polar surface area (TPSA) is 29.0 Å². The molecule has 4 rings (SSSR count). The summed E-state index contributed by atoms with van der Waals surface area (Å²) >= 11 is 0. The van der Waals surface area contributed by atoms with E-state index in [1.165, 1.54) is 24.0 Å². The maximum Gasteiger partial charge on any atom is 0.134 e. The number of hydrogen-bond acceptors (Lipinski definition) is 3. The Morgan fingerprint density at radius 3 is 2.37 bits per heavy atom. The van der Waals surface area contributed by atoms with Crippen molar-refractivity contribution in [3.05, 3.63) is 53.0 Å². The minimum atomic E-state index is 0.614. The van der Waals surface area contributed by atoms with E-state index in [-0.39, 0.29) is 0 Å². The number of nitrogens with zero attached hydrogens (tertiary/aromatic N) is 3. The third-order valence-corrected chi connectivity index (χ3v) is 3.97. The van der Waals surface area contributed by atoms with Gasteiger partial charge in [-0.25, -0.2) is 9.97 Å². The number of anilines is 1. The van der Waals surface area contributed by atoms with E-state index in [0.717, 1.165) is 30.4 Å². The van der Waals surface area contributed by atoms with Crippen molar-refractivity contribution in [3.8, 4) is 0 Å². The molecule has 0 unspecified atom stereocenters. The fourth-order valence-corrected chi connectivity index (χ4v) is 2.76. The number of aryl methyl sites for hydroxylation is 1. The molecule has 1 saturated carbocycles. The van der Waals surface area contributed by atoms with Crippen LogP contribution in [0.3, 0.4) is 0 Å². The molecule has 0 radical (unpaired) electrons. The minimum Gasteiger partial charge on any atom is -0.348 e. The Labute approximate surface area is 113 Å². The summed E-state index contributed by atoms with van der Waals surface area (Å²) in [5.74, 6) is 2.75. The van der Waals surface area contributed by atoms with E-state index in [4.69, 9.17) is 4.98 Å². The summed E-state index contributed by atoms with van der Waals surface area (Å²) < 4.78 is 0. The monoisotopic (exact) mass is 251 g/mol. The highest BCUT2D eigenvalue weighted by atomic mass is 15.2. The van der Waals surface area contributed by atoms with E-state index in [1.54, 1.807) is 0 Å². The fraction of sp³-hybridized carbons (Fsp3) is 0.375. The largest absolute Gasteiger partial charge is 0.348 e. The van der Waals surface area contributed by atoms with Crippen LogP contribution in [0.2, 0.25) is 0 Å². The molecule has 2 aliphatic rings. The standard InChI is InChI=1S/C16H17N3/c1-11-8-15(18-16(17-11)12-6-7-12)19-9-13-4-2-3-5-14(13)10-19/h2-5,8,12H,6-7,9-10H2,1H3. The highest BCUT2D eigenvalue weighted by Gasteiger charge is 2.28. The van der Waals surface area contributed by atoms with E-state index in [9.17, 15) is 0 Å². The van der Waals surface area contributed by atoms with E-state index in [1.807, 2.05) is 0 Å². The first-order chi connectivity index (χ1) is 9.29. The molecule has 1 fully saturated rings. The van der Waals surface area contributed by atoms with Crippen LogP contribution in [0.4, 0.5) is 5.82 Å². The molecule has 1 aromatic carbocycles. The quantitative estimate of drug-likeness (QED) is 0.821. The lowest BCUT2D eigenvalue weighted by Crippen LogP contribution is -2.17. The molecule has 3 nitrogen and oxygen atoms in total. The maximum atomic E-state index is 4.78. The van der Waals surface area contributed by atoms with Crippen molar-refractivity contribution in [1.82, 2.24) is 9.97 Å². The van der Waals surface area contributed by atoms with E-state index in [0.29, 0.717) is 5.92 Å². The second-order valence-electron chi connectivity index (χ2n) is 5.62. The number of rotatable bonds is 2. The van der Waals surface area contributed by atoms with E-state index < -0.39 is 0 Å². The Kier molecular flexibility index (Phi) is 2.34. The van der Waals surface area contributed by atoms with Crippen LogP contribution in [0, 0.1) is 6.92 Å². The fourth-order valence-electron chi connectivity index (χ4n) is 2.76. The van der Waals surface area contributed by atoms with Gasteiger partial charge in [-0.1, -0.05) is 24.3 Å². The van der Waals surface area contributed by atoms with Gasteiger partial charge in [0, 0.05) is 30.8 Å². The highest BCUT2D eigenvalue weighted by molar-refractivity contribution is 5.48. The summed E-state index contributed by atoms with van der Waals surface area (Å²) in [6, 6.07) is 10.8. The Morgan fingerprint density at radius 1 is 1.05 bits per heavy atom. The highest BCUT2D eigenvalue weighted by Crippen LogP contribution is 2.39. The molecule has 0 atom stereocenters. The molecular formula is C16H17N3. The summed E-state index contributed by atoms with van der Waals surface area (Å²) in [5.41, 5.74) is 3.93. The van der Waals surface area contributed by atoms with Gasteiger partial charge in [0.25, 0.3) is 0 Å². The van der Waals surface area contributed by atoms with Crippen LogP contribution in [0.5, 0.6) is 0 Å². The van der Waals surface area contributed by atoms with Gasteiger partial charge in [-0.2, -0.15) is 0 Å². The molecule has 3 heteroatoms. The number of fused-ring (bicyclic) bond motifs is 1. The molecule has 0 bridgehead atoms. The summed E-state index contributed by atoms with van der Waals surface area (Å²) in [7, 11) is 0. The van der Waals surface area contributed by atoms with Crippen molar-refractivity contribution >= 4 is 5.82 Å². The number of aromatic nitrogens is 2. The molecule has 1 aliphatic carbocycles. The summed E-state index contributed by atoms with van der Waals surface area (Å²) in [4.78, 5) is 11.7. The van der Waals surface area contributed by atoms with Gasteiger partial charge >= 0.3 is 0 Å². The van der Waals surface area contributed by atoms with Crippen molar-refractivity contribution in [2.75, 3.05) is 4.90 Å². The Morgan fingerprint density at radius 2 is 1.74 bits per heavy atom. The molecule has 1 aromatic heterocycles. The minimum absolute atomic E-state index is 0.614. The van der Waals surface area contributed by atoms with Gasteiger partial charge in [0.05, 0.1) is 0 Å². The smallest absolute Gasteiger partial charge is 0.134 e. The third kappa shape index (κ3) is 1.99. The predicted molar refractivity (Wildman–Crippen MR) is 75.1 cm³/mol. The molecule has 0 amide bonds.